The van der Waals surface area contributed by atoms with E-state index in [-0.39, 0.29) is 24.0 Å². The Balaban J connectivity index is 1.57. The molecule has 1 aliphatic carbocycles. The minimum atomic E-state index is -0.706. The van der Waals surface area contributed by atoms with Crippen molar-refractivity contribution in [3.8, 4) is 5.88 Å². The number of nitrogens with zero attached hydrogens (tertiary/aromatic N) is 6. The van der Waals surface area contributed by atoms with Gasteiger partial charge in [0.05, 0.1) is 17.9 Å². The van der Waals surface area contributed by atoms with Crippen LogP contribution in [0.1, 0.15) is 18.5 Å². The van der Waals surface area contributed by atoms with Crippen molar-refractivity contribution in [1.82, 2.24) is 24.1 Å². The van der Waals surface area contributed by atoms with Gasteiger partial charge in [0.2, 0.25) is 5.88 Å². The number of carbonyl (C=O) groups is 1. The van der Waals surface area contributed by atoms with E-state index < -0.39 is 30.1 Å². The number of aromatic nitrogens is 5. The van der Waals surface area contributed by atoms with E-state index in [1.54, 1.807) is 6.07 Å². The normalized spacial score (nSPS) is 14.3. The van der Waals surface area contributed by atoms with Gasteiger partial charge in [-0.25, -0.2) is 23.5 Å². The molecule has 0 bridgehead atoms. The van der Waals surface area contributed by atoms with Crippen LogP contribution in [0, 0.1) is 5.82 Å². The highest BCUT2D eigenvalue weighted by atomic mass is 35.5. The first-order chi connectivity index (χ1) is 17.8. The average Bonchev–Trinajstić information content (AvgIpc) is 3.52. The van der Waals surface area contributed by atoms with Crippen molar-refractivity contribution in [3.63, 3.8) is 0 Å². The van der Waals surface area contributed by atoms with Crippen molar-refractivity contribution in [2.45, 2.75) is 25.6 Å². The molecule has 14 heteroatoms. The van der Waals surface area contributed by atoms with Crippen molar-refractivity contribution < 1.29 is 19.0 Å². The molecular formula is C23H20ClFN8O4. The van der Waals surface area contributed by atoms with Crippen molar-refractivity contribution in [3.05, 3.63) is 68.2 Å². The summed E-state index contributed by atoms with van der Waals surface area (Å²) in [4.78, 5) is 39.0. The number of imidazole rings is 1. The van der Waals surface area contributed by atoms with E-state index in [9.17, 15) is 19.1 Å². The lowest BCUT2D eigenvalue weighted by molar-refractivity contribution is -0.145. The molecule has 1 aromatic carbocycles. The van der Waals surface area contributed by atoms with Crippen molar-refractivity contribution in [2.24, 2.45) is 9.98 Å². The van der Waals surface area contributed by atoms with Crippen molar-refractivity contribution >= 4 is 47.5 Å². The number of aromatic hydroxyl groups is 1. The highest BCUT2D eigenvalue weighted by molar-refractivity contribution is 6.30. The third-order valence-electron chi connectivity index (χ3n) is 5.41. The van der Waals surface area contributed by atoms with Crippen LogP contribution in [0.4, 0.5) is 15.9 Å². The van der Waals surface area contributed by atoms with Crippen LogP contribution in [0.5, 0.6) is 5.88 Å². The SMILES string of the molecule is C=NCC(=O)OCn1c(O)c(C=c2cnn3c(=NC4CC4)cc(Nc4cc(Cl)ccc4F)nc23)[nH]c1=O. The molecule has 0 aliphatic heterocycles. The van der Waals surface area contributed by atoms with Crippen LogP contribution in [0.25, 0.3) is 11.7 Å². The Hall–Kier alpha value is -4.52. The number of hydrogen-bond donors (Lipinski definition) is 3. The number of aliphatic imine (C=N–C) groups is 1. The van der Waals surface area contributed by atoms with E-state index >= 15 is 0 Å². The summed E-state index contributed by atoms with van der Waals surface area (Å²) in [7, 11) is 0. The van der Waals surface area contributed by atoms with Gasteiger partial charge in [-0.3, -0.25) is 9.98 Å². The van der Waals surface area contributed by atoms with Gasteiger partial charge in [-0.2, -0.15) is 9.61 Å². The van der Waals surface area contributed by atoms with Crippen LogP contribution in [-0.2, 0) is 16.3 Å². The fourth-order valence-corrected chi connectivity index (χ4v) is 3.65. The molecule has 3 heterocycles. The van der Waals surface area contributed by atoms with E-state index in [1.807, 2.05) is 0 Å². The number of H-pyrrole nitrogens is 1. The molecule has 0 radical (unpaired) electrons. The predicted octanol–water partition coefficient (Wildman–Crippen LogP) is 1.27. The van der Waals surface area contributed by atoms with E-state index in [0.717, 1.165) is 17.4 Å². The van der Waals surface area contributed by atoms with Gasteiger partial charge in [0.25, 0.3) is 0 Å². The molecule has 3 aromatic heterocycles. The number of carbonyl (C=O) groups excluding carboxylic acids is 1. The van der Waals surface area contributed by atoms with Crippen LogP contribution in [0.15, 0.2) is 45.2 Å². The predicted molar refractivity (Wildman–Crippen MR) is 132 cm³/mol. The quantitative estimate of drug-likeness (QED) is 0.231. The number of ether oxygens (including phenoxy) is 1. The summed E-state index contributed by atoms with van der Waals surface area (Å²) in [5.74, 6) is -1.38. The highest BCUT2D eigenvalue weighted by Gasteiger charge is 2.20. The number of fused-ring (bicyclic) bond motifs is 1. The van der Waals surface area contributed by atoms with Gasteiger partial charge in [-0.15, -0.1) is 0 Å². The van der Waals surface area contributed by atoms with Crippen LogP contribution in [-0.4, -0.2) is 54.5 Å². The summed E-state index contributed by atoms with van der Waals surface area (Å²) in [6.45, 7) is 2.40. The Kier molecular flexibility index (Phi) is 6.44. The maximum Gasteiger partial charge on any atom is 0.331 e. The van der Waals surface area contributed by atoms with Crippen molar-refractivity contribution in [1.29, 1.82) is 0 Å². The summed E-state index contributed by atoms with van der Waals surface area (Å²) >= 11 is 6.02. The molecule has 37 heavy (non-hydrogen) atoms. The maximum atomic E-state index is 14.3. The first-order valence-corrected chi connectivity index (χ1v) is 11.5. The number of halogens is 2. The molecule has 0 amide bonds. The Labute approximate surface area is 212 Å². The summed E-state index contributed by atoms with van der Waals surface area (Å²) in [5.41, 5.74) is 0.306. The Bertz CT molecular complexity index is 1710. The van der Waals surface area contributed by atoms with E-state index in [1.165, 1.54) is 35.0 Å². The first kappa shape index (κ1) is 24.2. The van der Waals surface area contributed by atoms with Crippen LogP contribution >= 0.6 is 11.6 Å². The molecule has 0 spiro atoms. The number of esters is 1. The lowest BCUT2D eigenvalue weighted by Gasteiger charge is -2.08. The van der Waals surface area contributed by atoms with Crippen LogP contribution < -0.4 is 21.7 Å². The van der Waals surface area contributed by atoms with Crippen LogP contribution in [0.3, 0.4) is 0 Å². The lowest BCUT2D eigenvalue weighted by atomic mass is 10.3. The molecular weight excluding hydrogens is 507 g/mol. The maximum absolute atomic E-state index is 14.3. The van der Waals surface area contributed by atoms with Gasteiger partial charge in [0.15, 0.2) is 17.9 Å². The summed E-state index contributed by atoms with van der Waals surface area (Å²) < 4.78 is 21.6. The number of benzene rings is 1. The van der Waals surface area contributed by atoms with Gasteiger partial charge >= 0.3 is 11.7 Å². The average molecular weight is 527 g/mol. The zero-order valence-corrected chi connectivity index (χ0v) is 19.9. The van der Waals surface area contributed by atoms with E-state index in [0.29, 0.717) is 27.2 Å². The minimum absolute atomic E-state index is 0.0412. The monoisotopic (exact) mass is 526 g/mol. The molecule has 1 aliphatic rings. The lowest BCUT2D eigenvalue weighted by Crippen LogP contribution is -2.20. The third-order valence-corrected chi connectivity index (χ3v) is 5.65. The second kappa shape index (κ2) is 9.85. The van der Waals surface area contributed by atoms with Gasteiger partial charge < -0.3 is 20.1 Å². The molecule has 1 saturated carbocycles. The van der Waals surface area contributed by atoms with Crippen molar-refractivity contribution in [2.75, 3.05) is 11.9 Å². The molecule has 0 unspecified atom stereocenters. The van der Waals surface area contributed by atoms with E-state index in [2.05, 4.69) is 37.1 Å². The summed E-state index contributed by atoms with van der Waals surface area (Å²) in [6.07, 6.45) is 4.85. The Morgan fingerprint density at radius 1 is 1.41 bits per heavy atom. The molecule has 3 N–H and O–H groups in total. The molecule has 0 atom stereocenters. The van der Waals surface area contributed by atoms with Gasteiger partial charge in [0.1, 0.15) is 23.9 Å². The first-order valence-electron chi connectivity index (χ1n) is 11.1. The fraction of sp³-hybridized carbons (Fsp3) is 0.217. The zero-order chi connectivity index (χ0) is 26.1. The molecule has 4 aromatic rings. The zero-order valence-electron chi connectivity index (χ0n) is 19.2. The van der Waals surface area contributed by atoms with E-state index in [4.69, 9.17) is 16.3 Å². The molecule has 1 fully saturated rings. The smallest absolute Gasteiger partial charge is 0.331 e. The number of anilines is 2. The molecule has 12 nitrogen and oxygen atoms in total. The number of nitrogens with one attached hydrogen (secondary N) is 2. The molecule has 5 rings (SSSR count). The van der Waals surface area contributed by atoms with Gasteiger partial charge in [0, 0.05) is 16.3 Å². The second-order valence-electron chi connectivity index (χ2n) is 8.21. The number of hydrogen-bond acceptors (Lipinski definition) is 9. The number of rotatable bonds is 8. The third kappa shape index (κ3) is 5.21. The Morgan fingerprint density at radius 2 is 2.22 bits per heavy atom. The number of aromatic amines is 1. The molecule has 0 saturated heterocycles. The summed E-state index contributed by atoms with van der Waals surface area (Å²) in [5, 5.41) is 18.6. The minimum Gasteiger partial charge on any atom is -0.493 e. The largest absolute Gasteiger partial charge is 0.493 e. The topological polar surface area (TPSA) is 151 Å². The second-order valence-corrected chi connectivity index (χ2v) is 8.65. The highest BCUT2D eigenvalue weighted by Crippen LogP contribution is 2.24. The molecule has 190 valence electrons. The van der Waals surface area contributed by atoms with Crippen LogP contribution in [0.2, 0.25) is 5.02 Å². The Morgan fingerprint density at radius 3 is 2.97 bits per heavy atom. The standard InChI is InChI=1S/C23H20ClFN8O4/c1-26-10-20(34)37-11-32-22(35)17(30-23(32)36)6-12-9-27-33-19(28-14-3-4-14)8-18(31-21(12)33)29-16-7-13(24)2-5-15(16)25/h2,5-9,14,29,35H,1,3-4,10-11H2,(H,30,36). The van der Waals surface area contributed by atoms with Gasteiger partial charge in [-0.1, -0.05) is 11.6 Å². The summed E-state index contributed by atoms with van der Waals surface area (Å²) in [6, 6.07) is 5.92. The fourth-order valence-electron chi connectivity index (χ4n) is 3.47. The van der Waals surface area contributed by atoms with Gasteiger partial charge in [-0.05, 0) is 43.8 Å².